The van der Waals surface area contributed by atoms with E-state index in [-0.39, 0.29) is 11.5 Å². The number of rotatable bonds is 2. The minimum Gasteiger partial charge on any atom is -0.389 e. The third kappa shape index (κ3) is 2.07. The van der Waals surface area contributed by atoms with Gasteiger partial charge in [-0.15, -0.1) is 0 Å². The second kappa shape index (κ2) is 5.55. The van der Waals surface area contributed by atoms with Crippen molar-refractivity contribution < 1.29 is 5.11 Å². The fourth-order valence-corrected chi connectivity index (χ4v) is 6.22. The van der Waals surface area contributed by atoms with Crippen LogP contribution in [0.3, 0.4) is 0 Å². The van der Waals surface area contributed by atoms with Gasteiger partial charge in [0.1, 0.15) is 0 Å². The van der Waals surface area contributed by atoms with Crippen LogP contribution in [0, 0.1) is 22.7 Å². The topological polar surface area (TPSA) is 44.3 Å². The first-order valence-electron chi connectivity index (χ1n) is 9.57. The van der Waals surface area contributed by atoms with Gasteiger partial charge in [0.05, 0.1) is 6.10 Å². The highest BCUT2D eigenvalue weighted by molar-refractivity contribution is 5.44. The molecule has 0 aliphatic heterocycles. The fraction of sp³-hybridized carbons (Fsp3) is 0.714. The Labute approximate surface area is 146 Å². The number of allylic oxidation sites excluding steroid dienone is 3. The number of likely N-dealkylation sites (N-methyl/N-ethyl adjacent to an activating group) is 2. The lowest BCUT2D eigenvalue weighted by Gasteiger charge is -2.55. The Hall–Kier alpha value is -0.900. The molecule has 4 aliphatic rings. The summed E-state index contributed by atoms with van der Waals surface area (Å²) in [6, 6.07) is 0.921. The molecule has 132 valence electrons. The minimum absolute atomic E-state index is 0.134. The van der Waals surface area contributed by atoms with Crippen molar-refractivity contribution in [1.82, 2.24) is 10.6 Å². The number of hydrogen-bond donors (Lipinski definition) is 3. The summed E-state index contributed by atoms with van der Waals surface area (Å²) in [5.41, 5.74) is 3.74. The number of hydrogen-bond acceptors (Lipinski definition) is 3. The summed E-state index contributed by atoms with van der Waals surface area (Å²) in [7, 11) is 4.19. The maximum absolute atomic E-state index is 10.1. The predicted molar refractivity (Wildman–Crippen MR) is 98.7 cm³/mol. The minimum atomic E-state index is -0.267. The van der Waals surface area contributed by atoms with Crippen LogP contribution in [0.1, 0.15) is 39.5 Å². The van der Waals surface area contributed by atoms with E-state index < -0.39 is 0 Å². The van der Waals surface area contributed by atoms with E-state index in [0.717, 1.165) is 12.8 Å². The van der Waals surface area contributed by atoms with Gasteiger partial charge in [-0.2, -0.15) is 0 Å². The third-order valence-electron chi connectivity index (χ3n) is 7.76. The van der Waals surface area contributed by atoms with E-state index in [1.807, 2.05) is 6.08 Å². The van der Waals surface area contributed by atoms with Gasteiger partial charge in [0, 0.05) is 23.4 Å². The molecule has 0 spiro atoms. The molecule has 3 N–H and O–H groups in total. The maximum Gasteiger partial charge on any atom is 0.0724 e. The van der Waals surface area contributed by atoms with Crippen molar-refractivity contribution in [2.75, 3.05) is 14.1 Å². The Bertz CT molecular complexity index is 621. The van der Waals surface area contributed by atoms with Crippen LogP contribution >= 0.6 is 0 Å². The largest absolute Gasteiger partial charge is 0.389 e. The number of fused-ring (bicyclic) bond motifs is 4. The van der Waals surface area contributed by atoms with Crippen molar-refractivity contribution in [1.29, 1.82) is 0 Å². The zero-order valence-corrected chi connectivity index (χ0v) is 15.5. The SMILES string of the molecule is CNC1CC2CC(O)C=C[C@]2(C)C2=C1[C@@H]1C=CC(NC)[C@@]1(C)CC2. The monoisotopic (exact) mass is 328 g/mol. The summed E-state index contributed by atoms with van der Waals surface area (Å²) in [6.07, 6.45) is 13.4. The molecular formula is C21H32N2O. The van der Waals surface area contributed by atoms with Crippen LogP contribution in [-0.4, -0.2) is 37.4 Å². The lowest BCUT2D eigenvalue weighted by atomic mass is 9.51. The van der Waals surface area contributed by atoms with Crippen LogP contribution in [0.5, 0.6) is 0 Å². The molecule has 0 aromatic heterocycles. The molecule has 4 aliphatic carbocycles. The molecule has 0 radical (unpaired) electrons. The standard InChI is InChI=1S/C21H32N2O/c1-20-9-7-14(24)11-13(20)12-17(22-3)19-15-5-6-18(23-4)21(15,2)10-8-16(19)20/h5-7,9,13-15,17-18,22-24H,8,10-12H2,1-4H3/t13?,14?,15-,17?,18?,20-,21-/m0/s1. The highest BCUT2D eigenvalue weighted by Crippen LogP contribution is 2.60. The molecule has 0 fully saturated rings. The lowest BCUT2D eigenvalue weighted by Crippen LogP contribution is -2.52. The first-order chi connectivity index (χ1) is 11.4. The Kier molecular flexibility index (Phi) is 3.83. The molecule has 24 heavy (non-hydrogen) atoms. The van der Waals surface area contributed by atoms with Crippen molar-refractivity contribution in [2.45, 2.75) is 57.7 Å². The summed E-state index contributed by atoms with van der Waals surface area (Å²) < 4.78 is 0. The molecule has 7 atom stereocenters. The average Bonchev–Trinajstić information content (AvgIpc) is 2.91. The Balaban J connectivity index is 1.83. The van der Waals surface area contributed by atoms with Crippen LogP contribution in [0.4, 0.5) is 0 Å². The zero-order chi connectivity index (χ0) is 17.1. The van der Waals surface area contributed by atoms with E-state index >= 15 is 0 Å². The molecule has 0 heterocycles. The summed E-state index contributed by atoms with van der Waals surface area (Å²) in [5.74, 6) is 1.08. The van der Waals surface area contributed by atoms with Gasteiger partial charge < -0.3 is 15.7 Å². The van der Waals surface area contributed by atoms with E-state index in [0.29, 0.717) is 29.3 Å². The normalized spacial score (nSPS) is 49.8. The summed E-state index contributed by atoms with van der Waals surface area (Å²) in [6.45, 7) is 4.88. The highest BCUT2D eigenvalue weighted by atomic mass is 16.3. The van der Waals surface area contributed by atoms with Gasteiger partial charge in [-0.05, 0) is 56.7 Å². The highest BCUT2D eigenvalue weighted by Gasteiger charge is 2.54. The smallest absolute Gasteiger partial charge is 0.0724 e. The summed E-state index contributed by atoms with van der Waals surface area (Å²) >= 11 is 0. The average molecular weight is 329 g/mol. The molecule has 4 unspecified atom stereocenters. The number of aliphatic hydroxyl groups is 1. The summed E-state index contributed by atoms with van der Waals surface area (Å²) in [4.78, 5) is 0. The van der Waals surface area contributed by atoms with Gasteiger partial charge in [0.2, 0.25) is 0 Å². The second-order valence-electron chi connectivity index (χ2n) is 8.79. The first-order valence-corrected chi connectivity index (χ1v) is 9.57. The molecule has 3 nitrogen and oxygen atoms in total. The van der Waals surface area contributed by atoms with E-state index in [9.17, 15) is 5.11 Å². The van der Waals surface area contributed by atoms with Crippen LogP contribution < -0.4 is 10.6 Å². The first kappa shape index (κ1) is 16.6. The van der Waals surface area contributed by atoms with Crippen molar-refractivity contribution in [3.8, 4) is 0 Å². The zero-order valence-electron chi connectivity index (χ0n) is 15.5. The van der Waals surface area contributed by atoms with E-state index in [1.54, 1.807) is 11.1 Å². The van der Waals surface area contributed by atoms with Gasteiger partial charge in [-0.1, -0.05) is 43.7 Å². The molecule has 0 aromatic rings. The Morgan fingerprint density at radius 1 is 1.08 bits per heavy atom. The molecule has 0 aromatic carbocycles. The summed E-state index contributed by atoms with van der Waals surface area (Å²) in [5, 5.41) is 17.3. The van der Waals surface area contributed by atoms with Crippen molar-refractivity contribution in [2.24, 2.45) is 22.7 Å². The molecule has 3 heteroatoms. The molecule has 0 amide bonds. The van der Waals surface area contributed by atoms with Gasteiger partial charge in [-0.25, -0.2) is 0 Å². The molecule has 4 rings (SSSR count). The molecule has 0 bridgehead atoms. The van der Waals surface area contributed by atoms with Crippen molar-refractivity contribution in [3.63, 3.8) is 0 Å². The number of nitrogens with one attached hydrogen (secondary N) is 2. The van der Waals surface area contributed by atoms with Crippen molar-refractivity contribution >= 4 is 0 Å². The molecular weight excluding hydrogens is 296 g/mol. The maximum atomic E-state index is 10.1. The van der Waals surface area contributed by atoms with Crippen LogP contribution in [0.25, 0.3) is 0 Å². The lowest BCUT2D eigenvalue weighted by molar-refractivity contribution is 0.0942. The van der Waals surface area contributed by atoms with Gasteiger partial charge in [0.15, 0.2) is 0 Å². The van der Waals surface area contributed by atoms with Crippen molar-refractivity contribution in [3.05, 3.63) is 35.5 Å². The second-order valence-corrected chi connectivity index (χ2v) is 8.79. The number of aliphatic hydroxyl groups excluding tert-OH is 1. The quantitative estimate of drug-likeness (QED) is 0.683. The van der Waals surface area contributed by atoms with E-state index in [1.165, 1.54) is 12.8 Å². The van der Waals surface area contributed by atoms with Gasteiger partial charge in [0.25, 0.3) is 0 Å². The molecule has 0 saturated carbocycles. The third-order valence-corrected chi connectivity index (χ3v) is 7.76. The predicted octanol–water partition coefficient (Wildman–Crippen LogP) is 2.79. The molecule has 0 saturated heterocycles. The van der Waals surface area contributed by atoms with Gasteiger partial charge in [-0.3, -0.25) is 0 Å². The van der Waals surface area contributed by atoms with E-state index in [4.69, 9.17) is 0 Å². The fourth-order valence-electron chi connectivity index (χ4n) is 6.22. The van der Waals surface area contributed by atoms with Crippen LogP contribution in [0.15, 0.2) is 35.5 Å². The Morgan fingerprint density at radius 2 is 1.88 bits per heavy atom. The van der Waals surface area contributed by atoms with E-state index in [2.05, 4.69) is 56.8 Å². The van der Waals surface area contributed by atoms with Crippen LogP contribution in [0.2, 0.25) is 0 Å². The van der Waals surface area contributed by atoms with Crippen LogP contribution in [-0.2, 0) is 0 Å². The Morgan fingerprint density at radius 3 is 2.58 bits per heavy atom. The van der Waals surface area contributed by atoms with Gasteiger partial charge >= 0.3 is 0 Å².